The van der Waals surface area contributed by atoms with Crippen LogP contribution in [0.3, 0.4) is 0 Å². The average molecular weight is 312 g/mol. The van der Waals surface area contributed by atoms with E-state index in [2.05, 4.69) is 27.4 Å². The van der Waals surface area contributed by atoms with E-state index in [1.807, 2.05) is 0 Å². The van der Waals surface area contributed by atoms with E-state index in [0.717, 1.165) is 24.4 Å². The fourth-order valence-electron chi connectivity index (χ4n) is 3.67. The average Bonchev–Trinajstić information content (AvgIpc) is 3.11. The van der Waals surface area contributed by atoms with Gasteiger partial charge in [0.05, 0.1) is 22.8 Å². The maximum absolute atomic E-state index is 11.2. The highest BCUT2D eigenvalue weighted by molar-refractivity contribution is 7.17. The van der Waals surface area contributed by atoms with Crippen LogP contribution in [0, 0.1) is 0 Å². The van der Waals surface area contributed by atoms with Crippen LogP contribution >= 0.6 is 11.3 Å². The fraction of sp³-hybridized carbons (Fsp3) is 0.500. The molecule has 20 heavy (non-hydrogen) atoms. The summed E-state index contributed by atoms with van der Waals surface area (Å²) in [7, 11) is 0. The van der Waals surface area contributed by atoms with Crippen molar-refractivity contribution in [2.24, 2.45) is 0 Å². The van der Waals surface area contributed by atoms with E-state index in [1.54, 1.807) is 11.3 Å². The van der Waals surface area contributed by atoms with Crippen LogP contribution < -0.4 is 17.3 Å². The zero-order valence-corrected chi connectivity index (χ0v) is 12.7. The van der Waals surface area contributed by atoms with Gasteiger partial charge in [0.15, 0.2) is 0 Å². The number of aromatic amines is 1. The molecule has 4 nitrogen and oxygen atoms in total. The maximum Gasteiger partial charge on any atom is 0.299 e. The molecule has 0 bridgehead atoms. The van der Waals surface area contributed by atoms with E-state index < -0.39 is 0 Å². The minimum absolute atomic E-state index is 0. The SMILES string of the molecule is O=C[NH+]1CC2CCCN2C(c2cc3sccc3[nH]2)C1.[Cl-]. The predicted molar refractivity (Wildman–Crippen MR) is 75.4 cm³/mol. The van der Waals surface area contributed by atoms with Crippen LogP contribution in [0.2, 0.25) is 0 Å². The minimum atomic E-state index is 0. The van der Waals surface area contributed by atoms with E-state index in [9.17, 15) is 4.79 Å². The van der Waals surface area contributed by atoms with Gasteiger partial charge in [-0.15, -0.1) is 11.3 Å². The first-order valence-corrected chi connectivity index (χ1v) is 7.85. The van der Waals surface area contributed by atoms with Gasteiger partial charge in [-0.05, 0) is 36.9 Å². The summed E-state index contributed by atoms with van der Waals surface area (Å²) in [5.74, 6) is 0. The van der Waals surface area contributed by atoms with Gasteiger partial charge < -0.3 is 17.4 Å². The third-order valence-corrected chi connectivity index (χ3v) is 5.43. The molecule has 2 fully saturated rings. The van der Waals surface area contributed by atoms with Crippen molar-refractivity contribution in [1.29, 1.82) is 0 Å². The highest BCUT2D eigenvalue weighted by atomic mass is 35.5. The molecule has 1 amide bonds. The smallest absolute Gasteiger partial charge is 0.299 e. The number of carbonyl (C=O) groups excluding carboxylic acids is 1. The van der Waals surface area contributed by atoms with Crippen molar-refractivity contribution in [3.8, 4) is 0 Å². The molecule has 6 heteroatoms. The Morgan fingerprint density at radius 1 is 1.45 bits per heavy atom. The normalized spacial score (nSPS) is 30.1. The Hall–Kier alpha value is -0.880. The molecule has 2 aliphatic heterocycles. The van der Waals surface area contributed by atoms with Gasteiger partial charge in [0.1, 0.15) is 12.6 Å². The summed E-state index contributed by atoms with van der Waals surface area (Å²) < 4.78 is 1.32. The van der Waals surface area contributed by atoms with Crippen molar-refractivity contribution in [3.05, 3.63) is 23.2 Å². The van der Waals surface area contributed by atoms with Crippen molar-refractivity contribution in [2.75, 3.05) is 19.6 Å². The summed E-state index contributed by atoms with van der Waals surface area (Å²) in [6.07, 6.45) is 3.60. The highest BCUT2D eigenvalue weighted by Gasteiger charge is 2.41. The van der Waals surface area contributed by atoms with Crippen molar-refractivity contribution in [3.63, 3.8) is 0 Å². The van der Waals surface area contributed by atoms with Gasteiger partial charge >= 0.3 is 0 Å². The molecule has 2 N–H and O–H groups in total. The third-order valence-electron chi connectivity index (χ3n) is 4.56. The maximum atomic E-state index is 11.2. The quantitative estimate of drug-likeness (QED) is 0.618. The number of rotatable bonds is 2. The third kappa shape index (κ3) is 2.19. The van der Waals surface area contributed by atoms with Crippen LogP contribution in [0.1, 0.15) is 24.6 Å². The predicted octanol–water partition coefficient (Wildman–Crippen LogP) is -2.21. The van der Waals surface area contributed by atoms with E-state index in [1.165, 1.54) is 35.3 Å². The van der Waals surface area contributed by atoms with E-state index in [0.29, 0.717) is 12.1 Å². The van der Waals surface area contributed by atoms with Gasteiger partial charge in [-0.2, -0.15) is 0 Å². The lowest BCUT2D eigenvalue weighted by atomic mass is 10.1. The van der Waals surface area contributed by atoms with Gasteiger partial charge in [-0.1, -0.05) is 0 Å². The fourth-order valence-corrected chi connectivity index (χ4v) is 4.46. The van der Waals surface area contributed by atoms with Crippen molar-refractivity contribution in [1.82, 2.24) is 9.88 Å². The number of halogens is 1. The molecule has 0 aliphatic carbocycles. The Labute approximate surface area is 128 Å². The lowest BCUT2D eigenvalue weighted by Gasteiger charge is -2.38. The molecule has 4 heterocycles. The molecular weight excluding hydrogens is 294 g/mol. The van der Waals surface area contributed by atoms with Crippen molar-refractivity contribution < 1.29 is 22.1 Å². The first-order chi connectivity index (χ1) is 9.35. The zero-order chi connectivity index (χ0) is 12.8. The van der Waals surface area contributed by atoms with E-state index >= 15 is 0 Å². The first-order valence-electron chi connectivity index (χ1n) is 6.97. The molecule has 4 rings (SSSR count). The number of fused-ring (bicyclic) bond motifs is 2. The Balaban J connectivity index is 0.00000121. The molecule has 2 aromatic heterocycles. The molecular formula is C14H18ClN3OS. The summed E-state index contributed by atoms with van der Waals surface area (Å²) in [6, 6.07) is 5.37. The summed E-state index contributed by atoms with van der Waals surface area (Å²) in [5.41, 5.74) is 2.52. The van der Waals surface area contributed by atoms with E-state index in [-0.39, 0.29) is 12.4 Å². The molecule has 3 atom stereocenters. The Morgan fingerprint density at radius 2 is 2.35 bits per heavy atom. The topological polar surface area (TPSA) is 40.5 Å². The number of amides is 1. The largest absolute Gasteiger partial charge is 1.00 e. The Bertz CT molecular complexity index is 582. The van der Waals surface area contributed by atoms with Crippen LogP contribution in [-0.2, 0) is 4.79 Å². The number of carbonyl (C=O) groups is 1. The van der Waals surface area contributed by atoms with Gasteiger partial charge in [0.2, 0.25) is 0 Å². The number of piperazine rings is 1. The number of quaternary nitrogens is 1. The standard InChI is InChI=1S/C14H17N3OS.ClH/c18-9-16-7-10-2-1-4-17(10)13(8-16)12-6-14-11(15-12)3-5-19-14;/h3,5-6,9-10,13,15H,1-2,4,7-8H2;1H. The van der Waals surface area contributed by atoms with Crippen LogP contribution in [-0.4, -0.2) is 42.0 Å². The lowest BCUT2D eigenvalue weighted by Crippen LogP contribution is -3.14. The number of nitrogens with one attached hydrogen (secondary N) is 2. The van der Waals surface area contributed by atoms with Crippen LogP contribution in [0.4, 0.5) is 0 Å². The van der Waals surface area contributed by atoms with Gasteiger partial charge in [0, 0.05) is 5.69 Å². The van der Waals surface area contributed by atoms with Gasteiger partial charge in [0.25, 0.3) is 6.41 Å². The molecule has 0 spiro atoms. The monoisotopic (exact) mass is 311 g/mol. The number of hydrogen-bond acceptors (Lipinski definition) is 3. The molecule has 2 aliphatic rings. The number of thiophene rings is 1. The number of H-pyrrole nitrogens is 1. The zero-order valence-electron chi connectivity index (χ0n) is 11.1. The molecule has 0 radical (unpaired) electrons. The van der Waals surface area contributed by atoms with Crippen LogP contribution in [0.5, 0.6) is 0 Å². The highest BCUT2D eigenvalue weighted by Crippen LogP contribution is 2.32. The second-order valence-corrected chi connectivity index (χ2v) is 6.60. The Morgan fingerprint density at radius 3 is 3.15 bits per heavy atom. The second kappa shape index (κ2) is 5.48. The molecule has 108 valence electrons. The van der Waals surface area contributed by atoms with Crippen LogP contribution in [0.15, 0.2) is 17.5 Å². The number of aromatic nitrogens is 1. The summed E-state index contributed by atoms with van der Waals surface area (Å²) in [6.45, 7) is 3.05. The summed E-state index contributed by atoms with van der Waals surface area (Å²) in [4.78, 5) is 18.4. The van der Waals surface area contributed by atoms with Crippen molar-refractivity contribution >= 4 is 28.0 Å². The minimum Gasteiger partial charge on any atom is -1.00 e. The first kappa shape index (κ1) is 14.1. The van der Waals surface area contributed by atoms with Crippen LogP contribution in [0.25, 0.3) is 10.2 Å². The number of nitrogens with zero attached hydrogens (tertiary/aromatic N) is 1. The molecule has 3 unspecified atom stereocenters. The molecule has 2 saturated heterocycles. The van der Waals surface area contributed by atoms with Gasteiger partial charge in [-0.3, -0.25) is 9.80 Å². The van der Waals surface area contributed by atoms with E-state index in [4.69, 9.17) is 0 Å². The molecule has 0 aromatic carbocycles. The summed E-state index contributed by atoms with van der Waals surface area (Å²) >= 11 is 1.78. The molecule has 2 aromatic rings. The van der Waals surface area contributed by atoms with Crippen molar-refractivity contribution in [2.45, 2.75) is 24.9 Å². The molecule has 0 saturated carbocycles. The van der Waals surface area contributed by atoms with Gasteiger partial charge in [-0.25, -0.2) is 4.79 Å². The summed E-state index contributed by atoms with van der Waals surface area (Å²) in [5, 5.41) is 2.12. The number of hydrogen-bond donors (Lipinski definition) is 2. The second-order valence-electron chi connectivity index (χ2n) is 5.66. The Kier molecular flexibility index (Phi) is 3.86. The lowest BCUT2D eigenvalue weighted by molar-refractivity contribution is -0.825.